The van der Waals surface area contributed by atoms with Crippen LogP contribution in [0.2, 0.25) is 5.02 Å². The molecule has 1 aliphatic rings. The van der Waals surface area contributed by atoms with Gasteiger partial charge in [0.15, 0.2) is 0 Å². The Morgan fingerprint density at radius 2 is 1.85 bits per heavy atom. The second kappa shape index (κ2) is 8.73. The molecule has 0 spiro atoms. The monoisotopic (exact) mass is 388 g/mol. The van der Waals surface area contributed by atoms with Gasteiger partial charge in [0.25, 0.3) is 5.91 Å². The summed E-state index contributed by atoms with van der Waals surface area (Å²) in [5.74, 6) is -0.146. The van der Waals surface area contributed by atoms with Crippen LogP contribution in [-0.4, -0.2) is 59.6 Å². The second-order valence-corrected chi connectivity index (χ2v) is 6.48. The number of ether oxygens (including phenoxy) is 1. The zero-order chi connectivity index (χ0) is 19.2. The number of benzene rings is 1. The van der Waals surface area contributed by atoms with E-state index in [0.717, 1.165) is 11.4 Å². The maximum Gasteiger partial charge on any atom is 0.409 e. The zero-order valence-electron chi connectivity index (χ0n) is 15.0. The van der Waals surface area contributed by atoms with Crippen LogP contribution in [0.5, 0.6) is 0 Å². The summed E-state index contributed by atoms with van der Waals surface area (Å²) < 4.78 is 4.99. The molecule has 7 nitrogen and oxygen atoms in total. The summed E-state index contributed by atoms with van der Waals surface area (Å²) in [5, 5.41) is 3.83. The van der Waals surface area contributed by atoms with Crippen molar-refractivity contribution in [3.8, 4) is 0 Å². The molecular formula is C19H21ClN4O3. The van der Waals surface area contributed by atoms with Crippen molar-refractivity contribution in [3.05, 3.63) is 53.3 Å². The number of amides is 2. The quantitative estimate of drug-likeness (QED) is 0.868. The lowest BCUT2D eigenvalue weighted by molar-refractivity contribution is 0.0566. The summed E-state index contributed by atoms with van der Waals surface area (Å²) in [6, 6.07) is 10.8. The fourth-order valence-corrected chi connectivity index (χ4v) is 2.99. The molecular weight excluding hydrogens is 368 g/mol. The zero-order valence-corrected chi connectivity index (χ0v) is 15.8. The van der Waals surface area contributed by atoms with Gasteiger partial charge >= 0.3 is 6.09 Å². The number of rotatable bonds is 4. The Hall–Kier alpha value is -2.80. The minimum Gasteiger partial charge on any atom is -0.450 e. The molecule has 0 bridgehead atoms. The van der Waals surface area contributed by atoms with Crippen LogP contribution in [0.25, 0.3) is 0 Å². The van der Waals surface area contributed by atoms with E-state index in [1.54, 1.807) is 41.1 Å². The lowest BCUT2D eigenvalue weighted by Crippen LogP contribution is -2.50. The van der Waals surface area contributed by atoms with E-state index >= 15 is 0 Å². The Bertz CT molecular complexity index is 805. The second-order valence-electron chi connectivity index (χ2n) is 6.05. The van der Waals surface area contributed by atoms with Crippen molar-refractivity contribution in [2.24, 2.45) is 0 Å². The molecule has 1 aliphatic heterocycles. The molecule has 0 aliphatic carbocycles. The molecule has 0 unspecified atom stereocenters. The summed E-state index contributed by atoms with van der Waals surface area (Å²) in [4.78, 5) is 31.9. The average Bonchev–Trinajstić information content (AvgIpc) is 2.68. The maximum absolute atomic E-state index is 12.6. The standard InChI is InChI=1S/C19H21ClN4O3/c1-2-27-19(26)24-10-8-23(9-11-24)18(25)17-7-6-16(13-21-17)22-15-5-3-4-14(20)12-15/h3-7,12-13,22H,2,8-11H2,1H3. The highest BCUT2D eigenvalue weighted by atomic mass is 35.5. The van der Waals surface area contributed by atoms with Crippen LogP contribution in [0.1, 0.15) is 17.4 Å². The van der Waals surface area contributed by atoms with Crippen LogP contribution in [0, 0.1) is 0 Å². The van der Waals surface area contributed by atoms with Crippen molar-refractivity contribution in [1.82, 2.24) is 14.8 Å². The molecule has 3 rings (SSSR count). The molecule has 2 aromatic rings. The van der Waals surface area contributed by atoms with E-state index in [1.807, 2.05) is 18.2 Å². The van der Waals surface area contributed by atoms with Crippen molar-refractivity contribution in [1.29, 1.82) is 0 Å². The molecule has 0 saturated carbocycles. The van der Waals surface area contributed by atoms with Gasteiger partial charge in [-0.2, -0.15) is 0 Å². The van der Waals surface area contributed by atoms with Crippen LogP contribution in [0.4, 0.5) is 16.2 Å². The van der Waals surface area contributed by atoms with Gasteiger partial charge in [0, 0.05) is 36.9 Å². The third-order valence-corrected chi connectivity index (χ3v) is 4.42. The maximum atomic E-state index is 12.6. The van der Waals surface area contributed by atoms with Crippen LogP contribution < -0.4 is 5.32 Å². The predicted molar refractivity (Wildman–Crippen MR) is 103 cm³/mol. The van der Waals surface area contributed by atoms with Gasteiger partial charge in [0.05, 0.1) is 18.5 Å². The number of nitrogens with one attached hydrogen (secondary N) is 1. The van der Waals surface area contributed by atoms with E-state index in [9.17, 15) is 9.59 Å². The molecule has 2 heterocycles. The average molecular weight is 389 g/mol. The van der Waals surface area contributed by atoms with Gasteiger partial charge in [0.1, 0.15) is 5.69 Å². The third-order valence-electron chi connectivity index (χ3n) is 4.19. The van der Waals surface area contributed by atoms with Crippen LogP contribution >= 0.6 is 11.6 Å². The smallest absolute Gasteiger partial charge is 0.409 e. The molecule has 0 radical (unpaired) electrons. The van der Waals surface area contributed by atoms with E-state index in [1.165, 1.54) is 0 Å². The largest absolute Gasteiger partial charge is 0.450 e. The Labute approximate surface area is 162 Å². The van der Waals surface area contributed by atoms with Crippen LogP contribution in [0.3, 0.4) is 0 Å². The van der Waals surface area contributed by atoms with Crippen molar-refractivity contribution in [2.75, 3.05) is 38.1 Å². The van der Waals surface area contributed by atoms with Gasteiger partial charge in [0.2, 0.25) is 0 Å². The first kappa shape index (κ1) is 19.0. The van der Waals surface area contributed by atoms with Crippen molar-refractivity contribution < 1.29 is 14.3 Å². The minimum atomic E-state index is -0.334. The number of carbonyl (C=O) groups excluding carboxylic acids is 2. The van der Waals surface area contributed by atoms with Crippen molar-refractivity contribution >= 4 is 35.0 Å². The highest BCUT2D eigenvalue weighted by molar-refractivity contribution is 6.30. The van der Waals surface area contributed by atoms with Gasteiger partial charge in [-0.25, -0.2) is 9.78 Å². The Balaban J connectivity index is 1.57. The summed E-state index contributed by atoms with van der Waals surface area (Å²) in [6.45, 7) is 3.95. The Morgan fingerprint density at radius 3 is 2.48 bits per heavy atom. The molecule has 1 fully saturated rings. The van der Waals surface area contributed by atoms with E-state index in [2.05, 4.69) is 10.3 Å². The number of hydrogen-bond acceptors (Lipinski definition) is 5. The van der Waals surface area contributed by atoms with E-state index in [4.69, 9.17) is 16.3 Å². The topological polar surface area (TPSA) is 74.8 Å². The fraction of sp³-hybridized carbons (Fsp3) is 0.316. The molecule has 142 valence electrons. The normalized spacial score (nSPS) is 14.0. The molecule has 1 aromatic heterocycles. The van der Waals surface area contributed by atoms with Gasteiger partial charge in [-0.1, -0.05) is 17.7 Å². The highest BCUT2D eigenvalue weighted by Gasteiger charge is 2.26. The van der Waals surface area contributed by atoms with Gasteiger partial charge in [-0.05, 0) is 37.3 Å². The number of anilines is 2. The number of nitrogens with zero attached hydrogens (tertiary/aromatic N) is 3. The summed E-state index contributed by atoms with van der Waals surface area (Å²) in [7, 11) is 0. The lowest BCUT2D eigenvalue weighted by Gasteiger charge is -2.33. The molecule has 27 heavy (non-hydrogen) atoms. The first-order valence-electron chi connectivity index (χ1n) is 8.76. The minimum absolute atomic E-state index is 0.146. The van der Waals surface area contributed by atoms with Gasteiger partial charge in [-0.3, -0.25) is 4.79 Å². The van der Waals surface area contributed by atoms with E-state index < -0.39 is 0 Å². The highest BCUT2D eigenvalue weighted by Crippen LogP contribution is 2.20. The molecule has 2 amide bonds. The predicted octanol–water partition coefficient (Wildman–Crippen LogP) is 3.39. The third kappa shape index (κ3) is 4.89. The fourth-order valence-electron chi connectivity index (χ4n) is 2.80. The van der Waals surface area contributed by atoms with Crippen molar-refractivity contribution in [2.45, 2.75) is 6.92 Å². The first-order chi connectivity index (χ1) is 13.1. The number of halogens is 1. The van der Waals surface area contributed by atoms with E-state index in [0.29, 0.717) is 43.5 Å². The van der Waals surface area contributed by atoms with E-state index in [-0.39, 0.29) is 12.0 Å². The number of aromatic nitrogens is 1. The number of piperazine rings is 1. The molecule has 1 aromatic carbocycles. The molecule has 1 N–H and O–H groups in total. The van der Waals surface area contributed by atoms with Gasteiger partial charge < -0.3 is 19.9 Å². The summed E-state index contributed by atoms with van der Waals surface area (Å²) in [5.41, 5.74) is 1.98. The Morgan fingerprint density at radius 1 is 1.11 bits per heavy atom. The Kier molecular flexibility index (Phi) is 6.13. The summed E-state index contributed by atoms with van der Waals surface area (Å²) in [6.07, 6.45) is 1.28. The molecule has 1 saturated heterocycles. The SMILES string of the molecule is CCOC(=O)N1CCN(C(=O)c2ccc(Nc3cccc(Cl)c3)cn2)CC1. The van der Waals surface area contributed by atoms with Crippen molar-refractivity contribution in [3.63, 3.8) is 0 Å². The lowest BCUT2D eigenvalue weighted by atomic mass is 10.2. The molecule has 0 atom stereocenters. The first-order valence-corrected chi connectivity index (χ1v) is 9.14. The molecule has 8 heteroatoms. The summed E-state index contributed by atoms with van der Waals surface area (Å²) >= 11 is 5.97. The van der Waals surface area contributed by atoms with Crippen LogP contribution in [-0.2, 0) is 4.74 Å². The van der Waals surface area contributed by atoms with Gasteiger partial charge in [-0.15, -0.1) is 0 Å². The number of pyridine rings is 1. The number of hydrogen-bond donors (Lipinski definition) is 1. The number of carbonyl (C=O) groups is 2. The van der Waals surface area contributed by atoms with Crippen LogP contribution in [0.15, 0.2) is 42.6 Å².